The Morgan fingerprint density at radius 2 is 0.948 bits per heavy atom. The van der Waals surface area contributed by atoms with Crippen molar-refractivity contribution in [2.45, 2.75) is 244 Å². The van der Waals surface area contributed by atoms with Gasteiger partial charge in [0, 0.05) is 6.42 Å². The molecule has 9 heteroatoms. The number of aliphatic hydroxyl groups excluding tert-OH is 1. The zero-order valence-electron chi connectivity index (χ0n) is 39.0. The maximum Gasteiger partial charge on any atom is 0.268 e. The summed E-state index contributed by atoms with van der Waals surface area (Å²) < 4.78 is 23.3. The average Bonchev–Trinajstić information content (AvgIpc) is 3.17. The highest BCUT2D eigenvalue weighted by Crippen LogP contribution is 2.38. The number of phosphoric ester groups is 1. The van der Waals surface area contributed by atoms with Gasteiger partial charge in [-0.2, -0.15) is 0 Å². The van der Waals surface area contributed by atoms with Gasteiger partial charge in [0.25, 0.3) is 7.82 Å². The van der Waals surface area contributed by atoms with Crippen molar-refractivity contribution in [3.8, 4) is 0 Å². The number of aliphatic hydroxyl groups is 1. The topological polar surface area (TPSA) is 108 Å². The predicted molar refractivity (Wildman–Crippen MR) is 247 cm³/mol. The van der Waals surface area contributed by atoms with Crippen molar-refractivity contribution in [3.05, 3.63) is 24.3 Å². The zero-order chi connectivity index (χ0) is 42.8. The van der Waals surface area contributed by atoms with Gasteiger partial charge in [0.1, 0.15) is 13.2 Å². The molecule has 0 saturated heterocycles. The van der Waals surface area contributed by atoms with Crippen molar-refractivity contribution in [3.63, 3.8) is 0 Å². The van der Waals surface area contributed by atoms with Gasteiger partial charge in [-0.15, -0.1) is 0 Å². The van der Waals surface area contributed by atoms with Crippen LogP contribution in [0.15, 0.2) is 24.3 Å². The number of hydrogen-bond donors (Lipinski definition) is 2. The van der Waals surface area contributed by atoms with Crippen LogP contribution in [0.2, 0.25) is 0 Å². The van der Waals surface area contributed by atoms with E-state index in [9.17, 15) is 19.4 Å². The number of rotatable bonds is 45. The molecule has 0 bridgehead atoms. The number of amides is 1. The Labute approximate surface area is 360 Å². The molecular weight excluding hydrogens is 744 g/mol. The molecule has 0 aliphatic rings. The molecule has 0 rings (SSSR count). The maximum absolute atomic E-state index is 12.9. The van der Waals surface area contributed by atoms with Crippen molar-refractivity contribution < 1.29 is 32.9 Å². The lowest BCUT2D eigenvalue weighted by Gasteiger charge is -2.29. The number of nitrogens with zero attached hydrogens (tertiary/aromatic N) is 1. The number of phosphoric acid groups is 1. The Kier molecular flexibility index (Phi) is 40.6. The number of carbonyl (C=O) groups is 1. The molecule has 0 heterocycles. The molecule has 0 aromatic rings. The molecule has 58 heavy (non-hydrogen) atoms. The van der Waals surface area contributed by atoms with Gasteiger partial charge in [-0.3, -0.25) is 9.36 Å². The SMILES string of the molecule is CCCCCCCCCCC/C=C\CCCCCCCCCC(=O)NC(COP(=O)([O-])OCC[N+](C)(C)C)C(O)/C=C/CCCCCCCCCCCCCCCC. The quantitative estimate of drug-likeness (QED) is 0.0274. The summed E-state index contributed by atoms with van der Waals surface area (Å²) in [4.78, 5) is 25.4. The lowest BCUT2D eigenvalue weighted by atomic mass is 10.0. The van der Waals surface area contributed by atoms with Crippen LogP contribution in [-0.2, 0) is 18.4 Å². The molecule has 0 saturated carbocycles. The monoisotopic (exact) mass is 841 g/mol. The first-order chi connectivity index (χ1) is 28.0. The lowest BCUT2D eigenvalue weighted by molar-refractivity contribution is -0.870. The molecule has 0 aliphatic carbocycles. The lowest BCUT2D eigenvalue weighted by Crippen LogP contribution is -2.45. The Bertz CT molecular complexity index is 1000. The summed E-state index contributed by atoms with van der Waals surface area (Å²) in [6, 6.07) is -0.886. The second-order valence-electron chi connectivity index (χ2n) is 18.2. The third-order valence-corrected chi connectivity index (χ3v) is 12.1. The Morgan fingerprint density at radius 1 is 0.586 bits per heavy atom. The number of allylic oxidation sites excluding steroid dienone is 3. The highest BCUT2D eigenvalue weighted by molar-refractivity contribution is 7.45. The van der Waals surface area contributed by atoms with Crippen LogP contribution in [0.25, 0.3) is 0 Å². The van der Waals surface area contributed by atoms with E-state index in [0.29, 0.717) is 17.4 Å². The van der Waals surface area contributed by atoms with Gasteiger partial charge in [-0.05, 0) is 44.9 Å². The van der Waals surface area contributed by atoms with Crippen LogP contribution in [0.4, 0.5) is 0 Å². The minimum absolute atomic E-state index is 0.000554. The van der Waals surface area contributed by atoms with Gasteiger partial charge < -0.3 is 28.8 Å². The summed E-state index contributed by atoms with van der Waals surface area (Å²) in [7, 11) is 1.26. The van der Waals surface area contributed by atoms with Crippen LogP contribution in [0, 0.1) is 0 Å². The highest BCUT2D eigenvalue weighted by Gasteiger charge is 2.23. The predicted octanol–water partition coefficient (Wildman–Crippen LogP) is 13.5. The van der Waals surface area contributed by atoms with Crippen molar-refractivity contribution in [2.75, 3.05) is 40.9 Å². The van der Waals surface area contributed by atoms with E-state index >= 15 is 0 Å². The van der Waals surface area contributed by atoms with E-state index in [1.165, 1.54) is 173 Å². The second kappa shape index (κ2) is 41.3. The van der Waals surface area contributed by atoms with Gasteiger partial charge in [0.2, 0.25) is 5.91 Å². The summed E-state index contributed by atoms with van der Waals surface area (Å²) in [5.74, 6) is -0.200. The molecule has 344 valence electrons. The average molecular weight is 841 g/mol. The van der Waals surface area contributed by atoms with Gasteiger partial charge >= 0.3 is 0 Å². The smallest absolute Gasteiger partial charge is 0.268 e. The second-order valence-corrected chi connectivity index (χ2v) is 19.6. The molecule has 0 spiro atoms. The number of carbonyl (C=O) groups excluding carboxylic acids is 1. The number of hydrogen-bond acceptors (Lipinski definition) is 6. The fourth-order valence-corrected chi connectivity index (χ4v) is 7.93. The van der Waals surface area contributed by atoms with E-state index in [1.54, 1.807) is 6.08 Å². The Balaban J connectivity index is 4.33. The third-order valence-electron chi connectivity index (χ3n) is 11.2. The molecule has 2 N–H and O–H groups in total. The Hall–Kier alpha value is -1.02. The zero-order valence-corrected chi connectivity index (χ0v) is 39.9. The molecule has 1 amide bonds. The molecule has 0 fully saturated rings. The molecule has 3 atom stereocenters. The molecule has 3 unspecified atom stereocenters. The summed E-state index contributed by atoms with van der Waals surface area (Å²) in [6.07, 6.45) is 49.4. The first kappa shape index (κ1) is 57.0. The summed E-state index contributed by atoms with van der Waals surface area (Å²) >= 11 is 0. The van der Waals surface area contributed by atoms with E-state index < -0.39 is 20.0 Å². The molecule has 0 aromatic carbocycles. The molecular formula is C49H97N2O6P. The Morgan fingerprint density at radius 3 is 1.34 bits per heavy atom. The van der Waals surface area contributed by atoms with E-state index in [-0.39, 0.29) is 19.1 Å². The van der Waals surface area contributed by atoms with Gasteiger partial charge in [-0.25, -0.2) is 0 Å². The number of likely N-dealkylation sites (N-methyl/N-ethyl adjacent to an activating group) is 1. The van der Waals surface area contributed by atoms with Crippen LogP contribution in [0.5, 0.6) is 0 Å². The van der Waals surface area contributed by atoms with Gasteiger partial charge in [-0.1, -0.05) is 205 Å². The summed E-state index contributed by atoms with van der Waals surface area (Å²) in [5.41, 5.74) is 0. The van der Waals surface area contributed by atoms with Crippen LogP contribution < -0.4 is 10.2 Å². The summed E-state index contributed by atoms with van der Waals surface area (Å²) in [6.45, 7) is 4.66. The number of unbranched alkanes of at least 4 members (excludes halogenated alkanes) is 30. The molecule has 0 radical (unpaired) electrons. The van der Waals surface area contributed by atoms with Gasteiger partial charge in [0.15, 0.2) is 0 Å². The van der Waals surface area contributed by atoms with E-state index in [4.69, 9.17) is 9.05 Å². The largest absolute Gasteiger partial charge is 0.756 e. The normalized spacial score (nSPS) is 14.4. The first-order valence-corrected chi connectivity index (χ1v) is 26.2. The van der Waals surface area contributed by atoms with Crippen LogP contribution in [-0.4, -0.2) is 68.5 Å². The number of quaternary nitrogens is 1. The van der Waals surface area contributed by atoms with Crippen LogP contribution in [0.1, 0.15) is 232 Å². The van der Waals surface area contributed by atoms with E-state index in [2.05, 4.69) is 31.3 Å². The minimum atomic E-state index is -4.59. The highest BCUT2D eigenvalue weighted by atomic mass is 31.2. The van der Waals surface area contributed by atoms with Crippen molar-refractivity contribution in [1.29, 1.82) is 0 Å². The molecule has 0 aromatic heterocycles. The van der Waals surface area contributed by atoms with E-state index in [0.717, 1.165) is 38.5 Å². The minimum Gasteiger partial charge on any atom is -0.756 e. The first-order valence-electron chi connectivity index (χ1n) is 24.7. The molecule has 0 aliphatic heterocycles. The fraction of sp³-hybridized carbons (Fsp3) is 0.898. The van der Waals surface area contributed by atoms with Gasteiger partial charge in [0.05, 0.1) is 39.9 Å². The molecule has 8 nitrogen and oxygen atoms in total. The maximum atomic E-state index is 12.9. The van der Waals surface area contributed by atoms with Crippen molar-refractivity contribution >= 4 is 13.7 Å². The number of nitrogens with one attached hydrogen (secondary N) is 1. The fourth-order valence-electron chi connectivity index (χ4n) is 7.21. The van der Waals surface area contributed by atoms with E-state index in [1.807, 2.05) is 27.2 Å². The summed E-state index contributed by atoms with van der Waals surface area (Å²) in [5, 5.41) is 13.8. The standard InChI is InChI=1S/C49H97N2O6P/c1-6-8-10-12-14-16-18-20-22-24-25-26-27-29-31-33-35-37-39-41-43-49(53)50-47(46-57-58(54,55)56-45-44-51(3,4)5)48(52)42-40-38-36-34-32-30-28-23-21-19-17-15-13-11-9-7-2/h25-26,40,42,47-48,52H,6-24,27-39,41,43-46H2,1-5H3,(H-,50,53,54,55)/b26-25-,42-40+. The van der Waals surface area contributed by atoms with Crippen molar-refractivity contribution in [2.24, 2.45) is 0 Å². The van der Waals surface area contributed by atoms with Crippen molar-refractivity contribution in [1.82, 2.24) is 5.32 Å². The van der Waals surface area contributed by atoms with Crippen LogP contribution in [0.3, 0.4) is 0 Å². The third kappa shape index (κ3) is 43.1. The van der Waals surface area contributed by atoms with Crippen LogP contribution >= 0.6 is 7.82 Å².